The Morgan fingerprint density at radius 1 is 1.24 bits per heavy atom. The van der Waals surface area contributed by atoms with Crippen LogP contribution in [0.5, 0.6) is 0 Å². The molecule has 2 aromatic rings. The van der Waals surface area contributed by atoms with Gasteiger partial charge >= 0.3 is 0 Å². The fraction of sp³-hybridized carbons (Fsp3) is 0.429. The summed E-state index contributed by atoms with van der Waals surface area (Å²) in [5, 5.41) is 8.38. The van der Waals surface area contributed by atoms with Crippen LogP contribution in [0.25, 0.3) is 0 Å². The lowest BCUT2D eigenvalue weighted by atomic mass is 10.0. The summed E-state index contributed by atoms with van der Waals surface area (Å²) in [6.45, 7) is 5.25. The Kier molecular flexibility index (Phi) is 3.91. The second-order valence-corrected chi connectivity index (χ2v) is 4.61. The Bertz CT molecular complexity index is 448. The highest BCUT2D eigenvalue weighted by atomic mass is 15.4. The summed E-state index contributed by atoms with van der Waals surface area (Å²) in [4.78, 5) is 0. The topological polar surface area (TPSA) is 30.7 Å². The maximum atomic E-state index is 4.21. The van der Waals surface area contributed by atoms with E-state index in [-0.39, 0.29) is 0 Å². The molecule has 0 unspecified atom stereocenters. The quantitative estimate of drug-likeness (QED) is 0.789. The number of nitrogens with zero attached hydrogens (tertiary/aromatic N) is 3. The van der Waals surface area contributed by atoms with E-state index in [2.05, 4.69) is 42.5 Å². The molecule has 0 bridgehead atoms. The molecule has 0 aliphatic heterocycles. The van der Waals surface area contributed by atoms with Gasteiger partial charge in [0.25, 0.3) is 0 Å². The Hall–Kier alpha value is -1.64. The van der Waals surface area contributed by atoms with Gasteiger partial charge in [0, 0.05) is 6.20 Å². The highest BCUT2D eigenvalue weighted by molar-refractivity contribution is 5.14. The van der Waals surface area contributed by atoms with E-state index < -0.39 is 0 Å². The summed E-state index contributed by atoms with van der Waals surface area (Å²) in [7, 11) is 0. The van der Waals surface area contributed by atoms with Gasteiger partial charge in [0.1, 0.15) is 0 Å². The predicted octanol–water partition coefficient (Wildman–Crippen LogP) is 2.92. The van der Waals surface area contributed by atoms with Crippen molar-refractivity contribution < 1.29 is 0 Å². The van der Waals surface area contributed by atoms with Gasteiger partial charge in [0.05, 0.1) is 12.2 Å². The van der Waals surface area contributed by atoms with Crippen LogP contribution >= 0.6 is 0 Å². The van der Waals surface area contributed by atoms with Crippen LogP contribution in [-0.2, 0) is 13.0 Å². The lowest BCUT2D eigenvalue weighted by Crippen LogP contribution is -2.00. The van der Waals surface area contributed by atoms with Crippen molar-refractivity contribution in [1.82, 2.24) is 15.0 Å². The maximum absolute atomic E-state index is 4.21. The summed E-state index contributed by atoms with van der Waals surface area (Å²) in [5.41, 5.74) is 2.35. The van der Waals surface area contributed by atoms with Gasteiger partial charge in [-0.05, 0) is 17.9 Å². The zero-order valence-corrected chi connectivity index (χ0v) is 10.5. The molecule has 0 saturated carbocycles. The van der Waals surface area contributed by atoms with E-state index in [1.807, 2.05) is 22.9 Å². The van der Waals surface area contributed by atoms with Crippen LogP contribution in [0.4, 0.5) is 0 Å². The third-order valence-corrected chi connectivity index (χ3v) is 3.03. The minimum atomic E-state index is 0.678. The summed E-state index contributed by atoms with van der Waals surface area (Å²) >= 11 is 0. The van der Waals surface area contributed by atoms with Gasteiger partial charge in [-0.25, -0.2) is 4.68 Å². The van der Waals surface area contributed by atoms with E-state index >= 15 is 0 Å². The number of rotatable bonds is 5. The van der Waals surface area contributed by atoms with Crippen LogP contribution in [-0.4, -0.2) is 15.0 Å². The molecule has 0 radical (unpaired) electrons. The molecule has 1 aromatic heterocycles. The van der Waals surface area contributed by atoms with Gasteiger partial charge in [-0.15, -0.1) is 5.10 Å². The van der Waals surface area contributed by atoms with E-state index in [4.69, 9.17) is 0 Å². The molecule has 0 N–H and O–H groups in total. The minimum absolute atomic E-state index is 0.678. The monoisotopic (exact) mass is 229 g/mol. The smallest absolute Gasteiger partial charge is 0.0829 e. The molecule has 3 nitrogen and oxygen atoms in total. The Balaban J connectivity index is 1.99. The third kappa shape index (κ3) is 3.41. The van der Waals surface area contributed by atoms with Crippen molar-refractivity contribution in [3.05, 3.63) is 47.8 Å². The first-order valence-electron chi connectivity index (χ1n) is 6.21. The average molecular weight is 229 g/mol. The first-order chi connectivity index (χ1) is 8.28. The first kappa shape index (κ1) is 11.8. The van der Waals surface area contributed by atoms with Crippen molar-refractivity contribution >= 4 is 0 Å². The minimum Gasteiger partial charge on any atom is -0.248 e. The maximum Gasteiger partial charge on any atom is 0.0829 e. The van der Waals surface area contributed by atoms with Crippen LogP contribution in [0.2, 0.25) is 0 Å². The van der Waals surface area contributed by atoms with E-state index in [9.17, 15) is 0 Å². The Labute approximate surface area is 102 Å². The van der Waals surface area contributed by atoms with Crippen molar-refractivity contribution in [2.24, 2.45) is 5.92 Å². The first-order valence-corrected chi connectivity index (χ1v) is 6.21. The zero-order valence-electron chi connectivity index (χ0n) is 10.5. The molecule has 90 valence electrons. The van der Waals surface area contributed by atoms with E-state index in [0.717, 1.165) is 18.7 Å². The van der Waals surface area contributed by atoms with Gasteiger partial charge < -0.3 is 0 Å². The summed E-state index contributed by atoms with van der Waals surface area (Å²) in [6.07, 6.45) is 4.26. The molecule has 1 heterocycles. The lowest BCUT2D eigenvalue weighted by Gasteiger charge is -2.03. The number of hydrogen-bond donors (Lipinski definition) is 0. The van der Waals surface area contributed by atoms with Crippen LogP contribution in [0, 0.1) is 5.92 Å². The summed E-state index contributed by atoms with van der Waals surface area (Å²) in [6, 6.07) is 10.3. The van der Waals surface area contributed by atoms with Crippen molar-refractivity contribution in [3.8, 4) is 0 Å². The third-order valence-electron chi connectivity index (χ3n) is 3.03. The second kappa shape index (κ2) is 5.62. The molecule has 2 rings (SSSR count). The molecule has 17 heavy (non-hydrogen) atoms. The summed E-state index contributed by atoms with van der Waals surface area (Å²) in [5.74, 6) is 0.678. The highest BCUT2D eigenvalue weighted by Crippen LogP contribution is 2.09. The molecule has 0 fully saturated rings. The zero-order chi connectivity index (χ0) is 12.1. The van der Waals surface area contributed by atoms with E-state index in [1.54, 1.807) is 0 Å². The fourth-order valence-electron chi connectivity index (χ4n) is 1.78. The average Bonchev–Trinajstić information content (AvgIpc) is 2.77. The van der Waals surface area contributed by atoms with Gasteiger partial charge in [-0.3, -0.25) is 0 Å². The van der Waals surface area contributed by atoms with Gasteiger partial charge in [0.2, 0.25) is 0 Å². The predicted molar refractivity (Wildman–Crippen MR) is 68.7 cm³/mol. The summed E-state index contributed by atoms with van der Waals surface area (Å²) < 4.78 is 1.91. The van der Waals surface area contributed by atoms with Crippen molar-refractivity contribution in [2.45, 2.75) is 33.2 Å². The molecule has 1 atom stereocenters. The number of aromatic nitrogens is 3. The number of benzene rings is 1. The van der Waals surface area contributed by atoms with Crippen LogP contribution in [0.15, 0.2) is 36.5 Å². The van der Waals surface area contributed by atoms with Crippen LogP contribution in [0.1, 0.15) is 31.5 Å². The molecule has 1 aromatic carbocycles. The normalized spacial score (nSPS) is 12.6. The molecular formula is C14H19N3. The molecule has 0 spiro atoms. The van der Waals surface area contributed by atoms with Crippen LogP contribution in [0.3, 0.4) is 0 Å². The molecule has 0 saturated heterocycles. The van der Waals surface area contributed by atoms with Crippen LogP contribution < -0.4 is 0 Å². The van der Waals surface area contributed by atoms with Gasteiger partial charge in [0.15, 0.2) is 0 Å². The SMILES string of the molecule is CC[C@H](C)Cc1cn(Cc2ccccc2)nn1. The van der Waals surface area contributed by atoms with Gasteiger partial charge in [-0.2, -0.15) is 0 Å². The molecule has 0 aliphatic rings. The Morgan fingerprint density at radius 3 is 2.71 bits per heavy atom. The Morgan fingerprint density at radius 2 is 2.00 bits per heavy atom. The van der Waals surface area contributed by atoms with Crippen molar-refractivity contribution in [2.75, 3.05) is 0 Å². The molecular weight excluding hydrogens is 210 g/mol. The highest BCUT2D eigenvalue weighted by Gasteiger charge is 2.05. The van der Waals surface area contributed by atoms with Gasteiger partial charge in [-0.1, -0.05) is 55.8 Å². The fourth-order valence-corrected chi connectivity index (χ4v) is 1.78. The van der Waals surface area contributed by atoms with Crippen molar-refractivity contribution in [1.29, 1.82) is 0 Å². The van der Waals surface area contributed by atoms with E-state index in [1.165, 1.54) is 12.0 Å². The van der Waals surface area contributed by atoms with Crippen molar-refractivity contribution in [3.63, 3.8) is 0 Å². The molecule has 3 heteroatoms. The molecule has 0 aliphatic carbocycles. The lowest BCUT2D eigenvalue weighted by molar-refractivity contribution is 0.552. The number of hydrogen-bond acceptors (Lipinski definition) is 2. The second-order valence-electron chi connectivity index (χ2n) is 4.61. The van der Waals surface area contributed by atoms with E-state index in [0.29, 0.717) is 5.92 Å². The molecule has 0 amide bonds. The standard InChI is InChI=1S/C14H19N3/c1-3-12(2)9-14-11-17(16-15-14)10-13-7-5-4-6-8-13/h4-8,11-12H,3,9-10H2,1-2H3/t12-/m0/s1. The largest absolute Gasteiger partial charge is 0.248 e.